The first kappa shape index (κ1) is 14.7. The van der Waals surface area contributed by atoms with Gasteiger partial charge >= 0.3 is 0 Å². The van der Waals surface area contributed by atoms with Crippen molar-refractivity contribution >= 4 is 0 Å². The zero-order chi connectivity index (χ0) is 14.4. The molecule has 0 unspecified atom stereocenters. The number of halogens is 2. The molecule has 0 saturated heterocycles. The van der Waals surface area contributed by atoms with Crippen LogP contribution in [0.1, 0.15) is 28.7 Å². The monoisotopic (exact) mass is 275 g/mol. The zero-order valence-electron chi connectivity index (χ0n) is 11.6. The normalized spacial score (nSPS) is 11.0. The van der Waals surface area contributed by atoms with Gasteiger partial charge in [-0.2, -0.15) is 0 Å². The summed E-state index contributed by atoms with van der Waals surface area (Å²) >= 11 is 0. The van der Waals surface area contributed by atoms with E-state index in [1.807, 2.05) is 6.07 Å². The second kappa shape index (κ2) is 7.15. The maximum atomic E-state index is 12.6. The maximum Gasteiger partial charge on any atom is 0.263 e. The van der Waals surface area contributed by atoms with Crippen molar-refractivity contribution in [3.8, 4) is 0 Å². The van der Waals surface area contributed by atoms with Crippen LogP contribution in [0.5, 0.6) is 0 Å². The zero-order valence-corrected chi connectivity index (χ0v) is 11.6. The Labute approximate surface area is 118 Å². The number of hydrogen-bond acceptors (Lipinski definition) is 1. The van der Waals surface area contributed by atoms with Crippen molar-refractivity contribution in [3.63, 3.8) is 0 Å². The van der Waals surface area contributed by atoms with Crippen LogP contribution >= 0.6 is 0 Å². The minimum absolute atomic E-state index is 0.0861. The van der Waals surface area contributed by atoms with Gasteiger partial charge in [-0.15, -0.1) is 0 Å². The molecular weight excluding hydrogens is 256 g/mol. The molecule has 0 bridgehead atoms. The van der Waals surface area contributed by atoms with E-state index in [4.69, 9.17) is 0 Å². The Morgan fingerprint density at radius 2 is 1.75 bits per heavy atom. The molecule has 0 atom stereocenters. The quantitative estimate of drug-likeness (QED) is 0.776. The molecule has 0 aliphatic carbocycles. The van der Waals surface area contributed by atoms with Gasteiger partial charge in [0.05, 0.1) is 0 Å². The predicted octanol–water partition coefficient (Wildman–Crippen LogP) is 4.26. The Morgan fingerprint density at radius 1 is 1.00 bits per heavy atom. The summed E-state index contributed by atoms with van der Waals surface area (Å²) in [6, 6.07) is 15.0. The molecule has 2 aromatic rings. The minimum atomic E-state index is -2.40. The third kappa shape index (κ3) is 4.42. The molecule has 106 valence electrons. The van der Waals surface area contributed by atoms with Crippen LogP contribution in [-0.2, 0) is 13.0 Å². The van der Waals surface area contributed by atoms with E-state index < -0.39 is 6.43 Å². The molecule has 0 radical (unpaired) electrons. The fourth-order valence-corrected chi connectivity index (χ4v) is 2.17. The molecule has 1 nitrogen and oxygen atoms in total. The SMILES string of the molecule is Cc1cccc(CCNCc2cccc(C(F)F)c2)c1. The number of aryl methyl sites for hydroxylation is 1. The lowest BCUT2D eigenvalue weighted by Gasteiger charge is -2.07. The summed E-state index contributed by atoms with van der Waals surface area (Å²) in [7, 11) is 0. The molecule has 0 fully saturated rings. The molecule has 0 spiro atoms. The Hall–Kier alpha value is -1.74. The molecule has 0 amide bonds. The van der Waals surface area contributed by atoms with Crippen molar-refractivity contribution in [2.24, 2.45) is 0 Å². The van der Waals surface area contributed by atoms with Gasteiger partial charge in [0, 0.05) is 12.1 Å². The summed E-state index contributed by atoms with van der Waals surface area (Å²) in [6.45, 7) is 3.53. The van der Waals surface area contributed by atoms with Crippen LogP contribution in [0.2, 0.25) is 0 Å². The van der Waals surface area contributed by atoms with E-state index in [0.717, 1.165) is 18.5 Å². The van der Waals surface area contributed by atoms with Crippen molar-refractivity contribution in [2.75, 3.05) is 6.54 Å². The van der Waals surface area contributed by atoms with Gasteiger partial charge in [0.2, 0.25) is 0 Å². The van der Waals surface area contributed by atoms with Crippen LogP contribution in [0.25, 0.3) is 0 Å². The molecule has 3 heteroatoms. The van der Waals surface area contributed by atoms with E-state index in [1.54, 1.807) is 12.1 Å². The van der Waals surface area contributed by atoms with Crippen molar-refractivity contribution in [2.45, 2.75) is 26.3 Å². The minimum Gasteiger partial charge on any atom is -0.312 e. The lowest BCUT2D eigenvalue weighted by Crippen LogP contribution is -2.16. The maximum absolute atomic E-state index is 12.6. The largest absolute Gasteiger partial charge is 0.312 e. The first-order valence-electron chi connectivity index (χ1n) is 6.78. The molecule has 20 heavy (non-hydrogen) atoms. The first-order chi connectivity index (χ1) is 9.65. The average Bonchev–Trinajstić information content (AvgIpc) is 2.44. The number of rotatable bonds is 6. The van der Waals surface area contributed by atoms with E-state index in [-0.39, 0.29) is 5.56 Å². The number of benzene rings is 2. The molecule has 0 aliphatic rings. The van der Waals surface area contributed by atoms with Crippen LogP contribution < -0.4 is 5.32 Å². The van der Waals surface area contributed by atoms with Crippen LogP contribution in [0.15, 0.2) is 48.5 Å². The molecular formula is C17H19F2N. The topological polar surface area (TPSA) is 12.0 Å². The van der Waals surface area contributed by atoms with Gasteiger partial charge in [0.1, 0.15) is 0 Å². The predicted molar refractivity (Wildman–Crippen MR) is 78.0 cm³/mol. The summed E-state index contributed by atoms with van der Waals surface area (Å²) in [5.74, 6) is 0. The standard InChI is InChI=1S/C17H19F2N/c1-13-4-2-5-14(10-13)8-9-20-12-15-6-3-7-16(11-15)17(18)19/h2-7,10-11,17,20H,8-9,12H2,1H3. The van der Waals surface area contributed by atoms with E-state index in [1.165, 1.54) is 17.2 Å². The Morgan fingerprint density at radius 3 is 2.50 bits per heavy atom. The molecule has 2 rings (SSSR count). The van der Waals surface area contributed by atoms with Crippen LogP contribution in [0.4, 0.5) is 8.78 Å². The van der Waals surface area contributed by atoms with Gasteiger partial charge in [-0.05, 0) is 37.1 Å². The van der Waals surface area contributed by atoms with E-state index in [9.17, 15) is 8.78 Å². The summed E-state index contributed by atoms with van der Waals surface area (Å²) in [5, 5.41) is 3.29. The van der Waals surface area contributed by atoms with Gasteiger partial charge < -0.3 is 5.32 Å². The van der Waals surface area contributed by atoms with E-state index in [2.05, 4.69) is 36.5 Å². The second-order valence-electron chi connectivity index (χ2n) is 4.96. The smallest absolute Gasteiger partial charge is 0.263 e. The molecule has 0 saturated carbocycles. The summed E-state index contributed by atoms with van der Waals surface area (Å²) in [6.07, 6.45) is -1.46. The Balaban J connectivity index is 1.80. The van der Waals surface area contributed by atoms with Crippen molar-refractivity contribution < 1.29 is 8.78 Å². The van der Waals surface area contributed by atoms with Crippen LogP contribution in [0, 0.1) is 6.92 Å². The van der Waals surface area contributed by atoms with Crippen LogP contribution in [-0.4, -0.2) is 6.54 Å². The van der Waals surface area contributed by atoms with Gasteiger partial charge in [-0.3, -0.25) is 0 Å². The summed E-state index contributed by atoms with van der Waals surface area (Å²) in [5.41, 5.74) is 3.53. The molecule has 2 aromatic carbocycles. The Bertz CT molecular complexity index is 552. The Kier molecular flexibility index (Phi) is 5.24. The van der Waals surface area contributed by atoms with Crippen molar-refractivity contribution in [1.82, 2.24) is 5.32 Å². The van der Waals surface area contributed by atoms with Gasteiger partial charge in [-0.25, -0.2) is 8.78 Å². The van der Waals surface area contributed by atoms with Crippen molar-refractivity contribution in [1.29, 1.82) is 0 Å². The third-order valence-electron chi connectivity index (χ3n) is 3.21. The van der Waals surface area contributed by atoms with E-state index >= 15 is 0 Å². The average molecular weight is 275 g/mol. The lowest BCUT2D eigenvalue weighted by molar-refractivity contribution is 0.151. The van der Waals surface area contributed by atoms with Crippen LogP contribution in [0.3, 0.4) is 0 Å². The van der Waals surface area contributed by atoms with Gasteiger partial charge in [-0.1, -0.05) is 48.0 Å². The highest BCUT2D eigenvalue weighted by atomic mass is 19.3. The third-order valence-corrected chi connectivity index (χ3v) is 3.21. The highest BCUT2D eigenvalue weighted by Crippen LogP contribution is 2.19. The number of alkyl halides is 2. The molecule has 0 heterocycles. The number of hydrogen-bond donors (Lipinski definition) is 1. The first-order valence-corrected chi connectivity index (χ1v) is 6.78. The molecule has 0 aromatic heterocycles. The fourth-order valence-electron chi connectivity index (χ4n) is 2.17. The summed E-state index contributed by atoms with van der Waals surface area (Å²) < 4.78 is 25.1. The van der Waals surface area contributed by atoms with Crippen molar-refractivity contribution in [3.05, 3.63) is 70.8 Å². The van der Waals surface area contributed by atoms with Gasteiger partial charge in [0.25, 0.3) is 6.43 Å². The summed E-state index contributed by atoms with van der Waals surface area (Å²) in [4.78, 5) is 0. The molecule has 0 aliphatic heterocycles. The molecule has 1 N–H and O–H groups in total. The van der Waals surface area contributed by atoms with Gasteiger partial charge in [0.15, 0.2) is 0 Å². The highest BCUT2D eigenvalue weighted by molar-refractivity contribution is 5.24. The lowest BCUT2D eigenvalue weighted by atomic mass is 10.1. The fraction of sp³-hybridized carbons (Fsp3) is 0.294. The number of nitrogens with one attached hydrogen (secondary N) is 1. The highest BCUT2D eigenvalue weighted by Gasteiger charge is 2.06. The second-order valence-corrected chi connectivity index (χ2v) is 4.96. The van der Waals surface area contributed by atoms with E-state index in [0.29, 0.717) is 6.54 Å².